The number of hydrogen-bond donors (Lipinski definition) is 0. The van der Waals surface area contributed by atoms with Gasteiger partial charge in [-0.25, -0.2) is 4.79 Å². The number of carbonyl (C=O) groups is 1. The molecule has 4 rings (SSSR count). The second-order valence-electron chi connectivity index (χ2n) is 5.44. The van der Waals surface area contributed by atoms with E-state index >= 15 is 0 Å². The van der Waals surface area contributed by atoms with Crippen LogP contribution in [0.4, 0.5) is 9.18 Å². The van der Waals surface area contributed by atoms with E-state index in [1.807, 2.05) is 0 Å². The molecule has 0 aromatic heterocycles. The maximum Gasteiger partial charge on any atom is 0.496 e. The van der Waals surface area contributed by atoms with Crippen molar-refractivity contribution in [2.45, 2.75) is 44.1 Å². The van der Waals surface area contributed by atoms with Crippen molar-refractivity contribution in [3.63, 3.8) is 0 Å². The van der Waals surface area contributed by atoms with E-state index in [1.54, 1.807) is 0 Å². The molecule has 3 heteroatoms. The Kier molecular flexibility index (Phi) is 1.68. The van der Waals surface area contributed by atoms with E-state index in [-0.39, 0.29) is 0 Å². The summed E-state index contributed by atoms with van der Waals surface area (Å²) in [6.07, 6.45) is 5.00. The van der Waals surface area contributed by atoms with Crippen LogP contribution in [0.15, 0.2) is 0 Å². The fourth-order valence-electron chi connectivity index (χ4n) is 4.33. The van der Waals surface area contributed by atoms with E-state index in [1.165, 1.54) is 19.3 Å². The summed E-state index contributed by atoms with van der Waals surface area (Å²) in [4.78, 5) is 10.4. The number of hydrogen-bond acceptors (Lipinski definition) is 2. The van der Waals surface area contributed by atoms with E-state index in [4.69, 9.17) is 4.74 Å². The maximum atomic E-state index is 12.3. The van der Waals surface area contributed by atoms with Crippen molar-refractivity contribution in [1.29, 1.82) is 0 Å². The summed E-state index contributed by atoms with van der Waals surface area (Å²) in [5, 5.41) is 0. The lowest BCUT2D eigenvalue weighted by atomic mass is 9.54. The van der Waals surface area contributed by atoms with Gasteiger partial charge >= 0.3 is 6.22 Å². The summed E-state index contributed by atoms with van der Waals surface area (Å²) in [6.45, 7) is 0. The number of carbonyl (C=O) groups excluding carboxylic acids is 1. The normalized spacial score (nSPS) is 49.4. The summed E-state index contributed by atoms with van der Waals surface area (Å²) in [6, 6.07) is 0. The van der Waals surface area contributed by atoms with Crippen LogP contribution >= 0.6 is 0 Å². The van der Waals surface area contributed by atoms with Crippen molar-refractivity contribution >= 4 is 6.22 Å². The summed E-state index contributed by atoms with van der Waals surface area (Å²) in [5.41, 5.74) is -0.402. The molecule has 0 amide bonds. The summed E-state index contributed by atoms with van der Waals surface area (Å²) >= 11 is 0. The number of rotatable bonds is 1. The SMILES string of the molecule is O=C(F)OC12CC3CC(CC(C3)C1)C2. The molecule has 4 saturated carbocycles. The van der Waals surface area contributed by atoms with Crippen molar-refractivity contribution in [3.05, 3.63) is 0 Å². The van der Waals surface area contributed by atoms with Gasteiger partial charge in [-0.15, -0.1) is 4.39 Å². The van der Waals surface area contributed by atoms with Gasteiger partial charge in [0, 0.05) is 0 Å². The molecule has 0 aliphatic heterocycles. The molecule has 14 heavy (non-hydrogen) atoms. The van der Waals surface area contributed by atoms with Crippen molar-refractivity contribution in [2.24, 2.45) is 17.8 Å². The van der Waals surface area contributed by atoms with Gasteiger partial charge in [0.2, 0.25) is 0 Å². The van der Waals surface area contributed by atoms with Crippen LogP contribution in [0.1, 0.15) is 38.5 Å². The molecule has 0 spiro atoms. The van der Waals surface area contributed by atoms with Gasteiger partial charge in [0.05, 0.1) is 0 Å². The number of ether oxygens (including phenoxy) is 1. The summed E-state index contributed by atoms with van der Waals surface area (Å²) in [7, 11) is 0. The highest BCUT2D eigenvalue weighted by Crippen LogP contribution is 2.57. The molecular formula is C11H15FO2. The lowest BCUT2D eigenvalue weighted by Gasteiger charge is -2.55. The first-order chi connectivity index (χ1) is 6.65. The van der Waals surface area contributed by atoms with Gasteiger partial charge in [0.25, 0.3) is 0 Å². The Morgan fingerprint density at radius 3 is 1.86 bits per heavy atom. The van der Waals surface area contributed by atoms with Crippen LogP contribution in [-0.4, -0.2) is 11.8 Å². The molecule has 4 aliphatic rings. The fraction of sp³-hybridized carbons (Fsp3) is 0.909. The molecule has 0 N–H and O–H groups in total. The first-order valence-electron chi connectivity index (χ1n) is 5.54. The topological polar surface area (TPSA) is 26.3 Å². The molecular weight excluding hydrogens is 183 g/mol. The van der Waals surface area contributed by atoms with Gasteiger partial charge in [-0.3, -0.25) is 0 Å². The molecule has 0 radical (unpaired) electrons. The molecule has 4 aliphatic carbocycles. The minimum absolute atomic E-state index is 0.402. The Morgan fingerprint density at radius 1 is 1.07 bits per heavy atom. The molecule has 0 saturated heterocycles. The van der Waals surface area contributed by atoms with Crippen LogP contribution in [0.5, 0.6) is 0 Å². The third-order valence-corrected chi connectivity index (χ3v) is 4.28. The predicted octanol–water partition coefficient (Wildman–Crippen LogP) is 3.06. The minimum atomic E-state index is -1.58. The average molecular weight is 198 g/mol. The van der Waals surface area contributed by atoms with Crippen molar-refractivity contribution in [2.75, 3.05) is 0 Å². The highest BCUT2D eigenvalue weighted by molar-refractivity contribution is 5.58. The molecule has 4 fully saturated rings. The molecule has 0 heterocycles. The molecule has 2 nitrogen and oxygen atoms in total. The smallest absolute Gasteiger partial charge is 0.434 e. The lowest BCUT2D eigenvalue weighted by molar-refractivity contribution is -0.132. The summed E-state index contributed by atoms with van der Waals surface area (Å²) in [5.74, 6) is 2.08. The van der Waals surface area contributed by atoms with E-state index in [0.29, 0.717) is 17.8 Å². The highest BCUT2D eigenvalue weighted by Gasteiger charge is 2.53. The third-order valence-electron chi connectivity index (χ3n) is 4.28. The van der Waals surface area contributed by atoms with Crippen molar-refractivity contribution < 1.29 is 13.9 Å². The van der Waals surface area contributed by atoms with Gasteiger partial charge < -0.3 is 4.74 Å². The van der Waals surface area contributed by atoms with Gasteiger partial charge in [-0.1, -0.05) is 0 Å². The Morgan fingerprint density at radius 2 is 1.50 bits per heavy atom. The monoisotopic (exact) mass is 198 g/mol. The Bertz CT molecular complexity index is 239. The van der Waals surface area contributed by atoms with Crippen LogP contribution in [0.2, 0.25) is 0 Å². The molecule has 0 aromatic carbocycles. The second-order valence-corrected chi connectivity index (χ2v) is 5.44. The van der Waals surface area contributed by atoms with Crippen molar-refractivity contribution in [1.82, 2.24) is 0 Å². The zero-order chi connectivity index (χ0) is 9.76. The minimum Gasteiger partial charge on any atom is -0.434 e. The number of halogens is 1. The lowest BCUT2D eigenvalue weighted by Crippen LogP contribution is -2.52. The summed E-state index contributed by atoms with van der Waals surface area (Å²) < 4.78 is 17.3. The standard InChI is InChI=1S/C11H15FO2/c12-10(13)14-11-4-7-1-8(5-11)3-9(2-7)6-11/h7-9H,1-6H2. The Hall–Kier alpha value is -0.600. The maximum absolute atomic E-state index is 12.3. The average Bonchev–Trinajstić information content (AvgIpc) is 1.96. The largest absolute Gasteiger partial charge is 0.496 e. The van der Waals surface area contributed by atoms with Crippen molar-refractivity contribution in [3.8, 4) is 0 Å². The Labute approximate surface area is 82.8 Å². The van der Waals surface area contributed by atoms with Crippen LogP contribution < -0.4 is 0 Å². The van der Waals surface area contributed by atoms with E-state index in [9.17, 15) is 9.18 Å². The quantitative estimate of drug-likeness (QED) is 0.605. The van der Waals surface area contributed by atoms with Gasteiger partial charge in [0.15, 0.2) is 0 Å². The molecule has 0 atom stereocenters. The van der Waals surface area contributed by atoms with Gasteiger partial charge in [0.1, 0.15) is 5.60 Å². The molecule has 4 bridgehead atoms. The van der Waals surface area contributed by atoms with Gasteiger partial charge in [-0.2, -0.15) is 0 Å². The van der Waals surface area contributed by atoms with E-state index < -0.39 is 11.8 Å². The molecule has 0 unspecified atom stereocenters. The van der Waals surface area contributed by atoms with Crippen LogP contribution in [0.25, 0.3) is 0 Å². The van der Waals surface area contributed by atoms with E-state index in [0.717, 1.165) is 19.3 Å². The first kappa shape index (κ1) is 8.69. The van der Waals surface area contributed by atoms with Crippen LogP contribution in [-0.2, 0) is 4.74 Å². The first-order valence-corrected chi connectivity index (χ1v) is 5.54. The van der Waals surface area contributed by atoms with Crippen LogP contribution in [0.3, 0.4) is 0 Å². The van der Waals surface area contributed by atoms with Gasteiger partial charge in [-0.05, 0) is 56.3 Å². The fourth-order valence-corrected chi connectivity index (χ4v) is 4.33. The van der Waals surface area contributed by atoms with E-state index in [2.05, 4.69) is 0 Å². The zero-order valence-electron chi connectivity index (χ0n) is 8.17. The zero-order valence-corrected chi connectivity index (χ0v) is 8.17. The second kappa shape index (κ2) is 2.71. The Balaban J connectivity index is 1.83. The highest BCUT2D eigenvalue weighted by atomic mass is 19.1. The molecule has 0 aromatic rings. The third kappa shape index (κ3) is 1.25. The van der Waals surface area contributed by atoms with Crippen LogP contribution in [0, 0.1) is 17.8 Å². The predicted molar refractivity (Wildman–Crippen MR) is 48.5 cm³/mol. The molecule has 78 valence electrons.